The first-order valence-corrected chi connectivity index (χ1v) is 11.2. The number of nitrogens with one attached hydrogen (secondary N) is 1. The minimum atomic E-state index is -0.132. The molecule has 3 aromatic rings. The molecule has 4 heterocycles. The summed E-state index contributed by atoms with van der Waals surface area (Å²) in [7, 11) is 0. The zero-order valence-corrected chi connectivity index (χ0v) is 17.7. The molecule has 2 aromatic heterocycles. The maximum absolute atomic E-state index is 11.9. The SMILES string of the molecule is O=C1NC(=S)S/C1=C\c1cc(-c2ccc3ncnc(N4CCOCC4)c3c2)cs1. The average Bonchev–Trinajstić information content (AvgIpc) is 3.34. The van der Waals surface area contributed by atoms with Crippen molar-refractivity contribution in [2.24, 2.45) is 0 Å². The number of ether oxygens (including phenoxy) is 1. The highest BCUT2D eigenvalue weighted by molar-refractivity contribution is 8.26. The maximum atomic E-state index is 11.9. The van der Waals surface area contributed by atoms with Crippen LogP contribution in [0.4, 0.5) is 5.82 Å². The molecule has 1 N–H and O–H groups in total. The minimum Gasteiger partial charge on any atom is -0.378 e. The molecule has 0 unspecified atom stereocenters. The summed E-state index contributed by atoms with van der Waals surface area (Å²) in [6.07, 6.45) is 3.51. The van der Waals surface area contributed by atoms with Crippen molar-refractivity contribution >= 4 is 68.3 Å². The normalized spacial score (nSPS) is 18.6. The van der Waals surface area contributed by atoms with Crippen molar-refractivity contribution in [3.8, 4) is 11.1 Å². The minimum absolute atomic E-state index is 0.132. The Balaban J connectivity index is 1.49. The van der Waals surface area contributed by atoms with E-state index in [9.17, 15) is 4.79 Å². The second kappa shape index (κ2) is 7.83. The van der Waals surface area contributed by atoms with Gasteiger partial charge in [-0.15, -0.1) is 11.3 Å². The molecule has 2 fully saturated rings. The number of thiocarbonyl (C=S) groups is 1. The summed E-state index contributed by atoms with van der Waals surface area (Å²) in [4.78, 5) is 24.8. The number of aromatic nitrogens is 2. The highest BCUT2D eigenvalue weighted by Crippen LogP contribution is 2.33. The third-order valence-electron chi connectivity index (χ3n) is 4.79. The molecule has 1 aromatic carbocycles. The van der Waals surface area contributed by atoms with Crippen LogP contribution in [0.25, 0.3) is 28.1 Å². The van der Waals surface area contributed by atoms with Gasteiger partial charge in [-0.1, -0.05) is 30.0 Å². The Hall–Kier alpha value is -2.33. The number of hydrogen-bond acceptors (Lipinski definition) is 8. The van der Waals surface area contributed by atoms with Crippen LogP contribution in [-0.2, 0) is 9.53 Å². The summed E-state index contributed by atoms with van der Waals surface area (Å²) in [5, 5.41) is 5.78. The molecular formula is C20H16N4O2S3. The number of thioether (sulfide) groups is 1. The molecule has 0 radical (unpaired) electrons. The summed E-state index contributed by atoms with van der Waals surface area (Å²) in [5.74, 6) is 0.818. The van der Waals surface area contributed by atoms with Gasteiger partial charge in [0.25, 0.3) is 5.91 Å². The molecule has 0 bridgehead atoms. The number of rotatable bonds is 3. The Morgan fingerprint density at radius 3 is 2.83 bits per heavy atom. The molecule has 29 heavy (non-hydrogen) atoms. The highest BCUT2D eigenvalue weighted by Gasteiger charge is 2.22. The van der Waals surface area contributed by atoms with E-state index < -0.39 is 0 Å². The zero-order valence-electron chi connectivity index (χ0n) is 15.3. The molecule has 0 spiro atoms. The van der Waals surface area contributed by atoms with E-state index in [2.05, 4.69) is 43.8 Å². The molecule has 0 atom stereocenters. The van der Waals surface area contributed by atoms with Gasteiger partial charge in [0.2, 0.25) is 0 Å². The summed E-state index contributed by atoms with van der Waals surface area (Å²) in [6.45, 7) is 3.08. The van der Waals surface area contributed by atoms with Crippen molar-refractivity contribution in [2.45, 2.75) is 0 Å². The lowest BCUT2D eigenvalue weighted by Gasteiger charge is -2.28. The van der Waals surface area contributed by atoms with Gasteiger partial charge in [0, 0.05) is 23.4 Å². The maximum Gasteiger partial charge on any atom is 0.263 e. The molecular weight excluding hydrogens is 424 g/mol. The predicted molar refractivity (Wildman–Crippen MR) is 122 cm³/mol. The zero-order chi connectivity index (χ0) is 19.8. The predicted octanol–water partition coefficient (Wildman–Crippen LogP) is 3.68. The molecule has 2 saturated heterocycles. The first-order chi connectivity index (χ1) is 14.2. The van der Waals surface area contributed by atoms with Crippen LogP contribution in [0.15, 0.2) is 40.9 Å². The van der Waals surface area contributed by atoms with Crippen molar-refractivity contribution in [3.63, 3.8) is 0 Å². The van der Waals surface area contributed by atoms with E-state index in [1.807, 2.05) is 12.1 Å². The van der Waals surface area contributed by atoms with Gasteiger partial charge in [0.15, 0.2) is 0 Å². The van der Waals surface area contributed by atoms with Crippen molar-refractivity contribution < 1.29 is 9.53 Å². The number of fused-ring (bicyclic) bond motifs is 1. The Bertz CT molecular complexity index is 1150. The number of nitrogens with zero attached hydrogens (tertiary/aromatic N) is 3. The highest BCUT2D eigenvalue weighted by atomic mass is 32.2. The van der Waals surface area contributed by atoms with Crippen LogP contribution in [0.5, 0.6) is 0 Å². The standard InChI is InChI=1S/C20H16N4O2S3/c25-19-17(29-20(27)23-19)9-14-7-13(10-28-14)12-1-2-16-15(8-12)18(22-11-21-16)24-3-5-26-6-4-24/h1-2,7-11H,3-6H2,(H,23,25,27)/b17-9-. The Morgan fingerprint density at radius 1 is 1.17 bits per heavy atom. The third-order valence-corrected chi connectivity index (χ3v) is 6.84. The number of hydrogen-bond donors (Lipinski definition) is 1. The van der Waals surface area contributed by atoms with E-state index in [1.165, 1.54) is 11.8 Å². The van der Waals surface area contributed by atoms with Gasteiger partial charge in [0.05, 0.1) is 23.6 Å². The van der Waals surface area contributed by atoms with Crippen LogP contribution < -0.4 is 10.2 Å². The number of amides is 1. The van der Waals surface area contributed by atoms with Gasteiger partial charge in [0.1, 0.15) is 16.5 Å². The largest absolute Gasteiger partial charge is 0.378 e. The van der Waals surface area contributed by atoms with Crippen molar-refractivity contribution in [2.75, 3.05) is 31.2 Å². The lowest BCUT2D eigenvalue weighted by molar-refractivity contribution is -0.115. The molecule has 2 aliphatic rings. The van der Waals surface area contributed by atoms with Gasteiger partial charge in [-0.05, 0) is 40.8 Å². The van der Waals surface area contributed by atoms with Gasteiger partial charge < -0.3 is 15.0 Å². The van der Waals surface area contributed by atoms with Crippen LogP contribution in [0.3, 0.4) is 0 Å². The second-order valence-corrected chi connectivity index (χ2v) is 9.28. The van der Waals surface area contributed by atoms with E-state index in [0.29, 0.717) is 22.4 Å². The number of anilines is 1. The van der Waals surface area contributed by atoms with E-state index >= 15 is 0 Å². The van der Waals surface area contributed by atoms with Crippen LogP contribution in [0, 0.1) is 0 Å². The number of carbonyl (C=O) groups is 1. The molecule has 0 aliphatic carbocycles. The fourth-order valence-electron chi connectivity index (χ4n) is 3.38. The fraction of sp³-hybridized carbons (Fsp3) is 0.200. The second-order valence-electron chi connectivity index (χ2n) is 6.62. The van der Waals surface area contributed by atoms with E-state index in [1.54, 1.807) is 17.7 Å². The first kappa shape index (κ1) is 18.7. The molecule has 6 nitrogen and oxygen atoms in total. The summed E-state index contributed by atoms with van der Waals surface area (Å²) < 4.78 is 5.97. The van der Waals surface area contributed by atoms with Crippen molar-refractivity contribution in [1.82, 2.24) is 15.3 Å². The summed E-state index contributed by atoms with van der Waals surface area (Å²) >= 11 is 7.95. The Labute approximate surface area is 181 Å². The summed E-state index contributed by atoms with van der Waals surface area (Å²) in [6, 6.07) is 8.34. The van der Waals surface area contributed by atoms with Crippen LogP contribution in [0.1, 0.15) is 4.88 Å². The Kier molecular flexibility index (Phi) is 5.04. The van der Waals surface area contributed by atoms with Crippen LogP contribution in [-0.4, -0.2) is 46.5 Å². The third kappa shape index (κ3) is 3.78. The molecule has 1 amide bonds. The van der Waals surface area contributed by atoms with Crippen LogP contribution in [0.2, 0.25) is 0 Å². The van der Waals surface area contributed by atoms with Crippen LogP contribution >= 0.6 is 35.3 Å². The molecule has 2 aliphatic heterocycles. The number of carbonyl (C=O) groups excluding carboxylic acids is 1. The smallest absolute Gasteiger partial charge is 0.263 e. The number of morpholine rings is 1. The van der Waals surface area contributed by atoms with Gasteiger partial charge in [-0.3, -0.25) is 4.79 Å². The molecule has 146 valence electrons. The van der Waals surface area contributed by atoms with Crippen molar-refractivity contribution in [3.05, 3.63) is 45.8 Å². The number of thiophene rings is 1. The molecule has 0 saturated carbocycles. The fourth-order valence-corrected chi connectivity index (χ4v) is 5.34. The summed E-state index contributed by atoms with van der Waals surface area (Å²) in [5.41, 5.74) is 3.13. The first-order valence-electron chi connectivity index (χ1n) is 9.08. The molecule has 9 heteroatoms. The van der Waals surface area contributed by atoms with E-state index in [-0.39, 0.29) is 5.91 Å². The van der Waals surface area contributed by atoms with E-state index in [4.69, 9.17) is 17.0 Å². The monoisotopic (exact) mass is 440 g/mol. The van der Waals surface area contributed by atoms with Gasteiger partial charge in [-0.25, -0.2) is 9.97 Å². The average molecular weight is 441 g/mol. The van der Waals surface area contributed by atoms with Gasteiger partial charge in [-0.2, -0.15) is 0 Å². The topological polar surface area (TPSA) is 67.4 Å². The van der Waals surface area contributed by atoms with E-state index in [0.717, 1.165) is 45.8 Å². The lowest BCUT2D eigenvalue weighted by atomic mass is 10.1. The Morgan fingerprint density at radius 2 is 2.03 bits per heavy atom. The number of benzene rings is 1. The van der Waals surface area contributed by atoms with Crippen molar-refractivity contribution in [1.29, 1.82) is 0 Å². The van der Waals surface area contributed by atoms with Gasteiger partial charge >= 0.3 is 0 Å². The molecule has 5 rings (SSSR count). The lowest BCUT2D eigenvalue weighted by Crippen LogP contribution is -2.36. The quantitative estimate of drug-likeness (QED) is 0.492.